The van der Waals surface area contributed by atoms with Crippen molar-refractivity contribution in [1.82, 2.24) is 25.5 Å². The van der Waals surface area contributed by atoms with E-state index in [4.69, 9.17) is 0 Å². The number of nitrogens with zero attached hydrogens (tertiary/aromatic N) is 4. The molecule has 0 atom stereocenters. The minimum atomic E-state index is -1.01. The smallest absolute Gasteiger partial charge is 0.319 e. The van der Waals surface area contributed by atoms with Crippen LogP contribution >= 0.6 is 0 Å². The van der Waals surface area contributed by atoms with Crippen LogP contribution in [0.4, 0.5) is 19.3 Å². The second-order valence-corrected chi connectivity index (χ2v) is 5.28. The molecule has 0 bridgehead atoms. The Kier molecular flexibility index (Phi) is 4.64. The van der Waals surface area contributed by atoms with Gasteiger partial charge in [0, 0.05) is 11.8 Å². The highest BCUT2D eigenvalue weighted by molar-refractivity contribution is 5.89. The Balaban J connectivity index is 1.66. The largest absolute Gasteiger partial charge is 0.330 e. The van der Waals surface area contributed by atoms with Gasteiger partial charge in [0.2, 0.25) is 0 Å². The lowest BCUT2D eigenvalue weighted by Crippen LogP contribution is -2.29. The average Bonchev–Trinajstić information content (AvgIpc) is 3.06. The number of tetrazole rings is 1. The number of amides is 2. The molecule has 0 spiro atoms. The van der Waals surface area contributed by atoms with Crippen molar-refractivity contribution in [3.8, 4) is 5.69 Å². The Morgan fingerprint density at radius 2 is 1.88 bits per heavy atom. The average molecular weight is 344 g/mol. The minimum absolute atomic E-state index is 0.00366. The Labute approximate surface area is 141 Å². The number of halogens is 2. The molecular weight excluding hydrogens is 330 g/mol. The van der Waals surface area contributed by atoms with Gasteiger partial charge >= 0.3 is 6.03 Å². The van der Waals surface area contributed by atoms with Crippen LogP contribution in [0.3, 0.4) is 0 Å². The Hall–Kier alpha value is -3.36. The lowest BCUT2D eigenvalue weighted by Gasteiger charge is -2.08. The van der Waals surface area contributed by atoms with E-state index in [-0.39, 0.29) is 18.1 Å². The van der Waals surface area contributed by atoms with Gasteiger partial charge in [-0.15, -0.1) is 5.10 Å². The topological polar surface area (TPSA) is 84.7 Å². The number of hydrogen-bond acceptors (Lipinski definition) is 4. The van der Waals surface area contributed by atoms with Crippen LogP contribution in [-0.2, 0) is 6.54 Å². The summed E-state index contributed by atoms with van der Waals surface area (Å²) in [6, 6.07) is 10.2. The fraction of sp³-hybridized carbons (Fsp3) is 0.125. The molecule has 7 nitrogen and oxygen atoms in total. The molecule has 128 valence electrons. The lowest BCUT2D eigenvalue weighted by atomic mass is 10.2. The predicted molar refractivity (Wildman–Crippen MR) is 86.1 cm³/mol. The molecule has 0 saturated heterocycles. The zero-order chi connectivity index (χ0) is 17.8. The van der Waals surface area contributed by atoms with E-state index in [1.165, 1.54) is 10.7 Å². The van der Waals surface area contributed by atoms with E-state index in [9.17, 15) is 13.6 Å². The molecule has 2 aromatic carbocycles. The van der Waals surface area contributed by atoms with Crippen LogP contribution in [0.15, 0.2) is 42.5 Å². The molecule has 0 saturated carbocycles. The van der Waals surface area contributed by atoms with Gasteiger partial charge in [-0.3, -0.25) is 0 Å². The van der Waals surface area contributed by atoms with Crippen molar-refractivity contribution in [2.75, 3.05) is 5.32 Å². The molecule has 0 unspecified atom stereocenters. The van der Waals surface area contributed by atoms with Gasteiger partial charge in [0.15, 0.2) is 17.5 Å². The highest BCUT2D eigenvalue weighted by Gasteiger charge is 2.12. The van der Waals surface area contributed by atoms with Crippen LogP contribution < -0.4 is 10.6 Å². The second-order valence-electron chi connectivity index (χ2n) is 5.28. The van der Waals surface area contributed by atoms with Gasteiger partial charge in [0.25, 0.3) is 0 Å². The first-order chi connectivity index (χ1) is 12.0. The first-order valence-electron chi connectivity index (χ1n) is 7.37. The third kappa shape index (κ3) is 3.94. The number of benzene rings is 2. The summed E-state index contributed by atoms with van der Waals surface area (Å²) in [6.45, 7) is 1.95. The van der Waals surface area contributed by atoms with Crippen molar-refractivity contribution in [3.05, 3.63) is 65.5 Å². The van der Waals surface area contributed by atoms with Gasteiger partial charge < -0.3 is 10.6 Å². The summed E-state index contributed by atoms with van der Waals surface area (Å²) < 4.78 is 27.6. The molecule has 0 fully saturated rings. The molecule has 3 rings (SSSR count). The van der Waals surface area contributed by atoms with Crippen molar-refractivity contribution >= 4 is 11.7 Å². The third-order valence-electron chi connectivity index (χ3n) is 3.40. The standard InChI is InChI=1S/C16H14F2N6O/c1-10-2-4-11(5-3-10)20-16(25)19-9-15-21-22-23-24(15)12-6-7-13(17)14(18)8-12/h2-8H,9H2,1H3,(H2,19,20,25). The molecule has 25 heavy (non-hydrogen) atoms. The quantitative estimate of drug-likeness (QED) is 0.762. The highest BCUT2D eigenvalue weighted by atomic mass is 19.2. The molecule has 0 aliphatic heterocycles. The van der Waals surface area contributed by atoms with Gasteiger partial charge in [0.1, 0.15) is 0 Å². The summed E-state index contributed by atoms with van der Waals surface area (Å²) in [5.74, 6) is -1.71. The molecule has 2 amide bonds. The minimum Gasteiger partial charge on any atom is -0.330 e. The zero-order valence-electron chi connectivity index (χ0n) is 13.2. The van der Waals surface area contributed by atoms with Gasteiger partial charge in [-0.05, 0) is 41.6 Å². The SMILES string of the molecule is Cc1ccc(NC(=O)NCc2nnnn2-c2ccc(F)c(F)c2)cc1. The van der Waals surface area contributed by atoms with E-state index >= 15 is 0 Å². The van der Waals surface area contributed by atoms with E-state index in [2.05, 4.69) is 26.2 Å². The van der Waals surface area contributed by atoms with Crippen LogP contribution in [0, 0.1) is 18.6 Å². The number of rotatable bonds is 4. The zero-order valence-corrected chi connectivity index (χ0v) is 13.2. The van der Waals surface area contributed by atoms with Crippen molar-refractivity contribution in [2.45, 2.75) is 13.5 Å². The maximum atomic E-state index is 13.4. The number of urea groups is 1. The Morgan fingerprint density at radius 3 is 2.60 bits per heavy atom. The van der Waals surface area contributed by atoms with E-state index in [0.29, 0.717) is 5.69 Å². The summed E-state index contributed by atoms with van der Waals surface area (Å²) >= 11 is 0. The summed E-state index contributed by atoms with van der Waals surface area (Å²) in [6.07, 6.45) is 0. The van der Waals surface area contributed by atoms with Gasteiger partial charge in [-0.25, -0.2) is 13.6 Å². The van der Waals surface area contributed by atoms with E-state index in [1.807, 2.05) is 19.1 Å². The van der Waals surface area contributed by atoms with E-state index in [1.54, 1.807) is 12.1 Å². The molecule has 0 radical (unpaired) electrons. The molecular formula is C16H14F2N6O. The number of aromatic nitrogens is 4. The first-order valence-corrected chi connectivity index (χ1v) is 7.37. The number of aryl methyl sites for hydroxylation is 1. The Morgan fingerprint density at radius 1 is 1.12 bits per heavy atom. The van der Waals surface area contributed by atoms with Gasteiger partial charge in [-0.1, -0.05) is 17.7 Å². The third-order valence-corrected chi connectivity index (χ3v) is 3.40. The molecule has 3 aromatic rings. The highest BCUT2D eigenvalue weighted by Crippen LogP contribution is 2.13. The number of carbonyl (C=O) groups is 1. The monoisotopic (exact) mass is 344 g/mol. The Bertz CT molecular complexity index is 894. The maximum Gasteiger partial charge on any atom is 0.319 e. The molecule has 1 heterocycles. The maximum absolute atomic E-state index is 13.4. The summed E-state index contributed by atoms with van der Waals surface area (Å²) in [4.78, 5) is 11.9. The molecule has 1 aromatic heterocycles. The molecule has 2 N–H and O–H groups in total. The fourth-order valence-corrected chi connectivity index (χ4v) is 2.10. The van der Waals surface area contributed by atoms with Crippen molar-refractivity contribution in [3.63, 3.8) is 0 Å². The van der Waals surface area contributed by atoms with Crippen LogP contribution in [0.2, 0.25) is 0 Å². The molecule has 0 aliphatic carbocycles. The number of anilines is 1. The fourth-order valence-electron chi connectivity index (χ4n) is 2.10. The van der Waals surface area contributed by atoms with Gasteiger partial charge in [0.05, 0.1) is 12.2 Å². The summed E-state index contributed by atoms with van der Waals surface area (Å²) in [5, 5.41) is 16.3. The summed E-state index contributed by atoms with van der Waals surface area (Å²) in [5.41, 5.74) is 1.97. The van der Waals surface area contributed by atoms with Crippen molar-refractivity contribution in [1.29, 1.82) is 0 Å². The lowest BCUT2D eigenvalue weighted by molar-refractivity contribution is 0.251. The number of nitrogens with one attached hydrogen (secondary N) is 2. The summed E-state index contributed by atoms with van der Waals surface area (Å²) in [7, 11) is 0. The molecule has 9 heteroatoms. The van der Waals surface area contributed by atoms with Crippen molar-refractivity contribution < 1.29 is 13.6 Å². The van der Waals surface area contributed by atoms with Crippen LogP contribution in [0.5, 0.6) is 0 Å². The van der Waals surface area contributed by atoms with Crippen LogP contribution in [-0.4, -0.2) is 26.2 Å². The van der Waals surface area contributed by atoms with Crippen LogP contribution in [0.1, 0.15) is 11.4 Å². The van der Waals surface area contributed by atoms with Gasteiger partial charge in [-0.2, -0.15) is 4.68 Å². The van der Waals surface area contributed by atoms with Crippen molar-refractivity contribution in [2.24, 2.45) is 0 Å². The van der Waals surface area contributed by atoms with E-state index in [0.717, 1.165) is 17.7 Å². The predicted octanol–water partition coefficient (Wildman–Crippen LogP) is 2.57. The second kappa shape index (κ2) is 7.04. The van der Waals surface area contributed by atoms with Crippen LogP contribution in [0.25, 0.3) is 5.69 Å². The normalized spacial score (nSPS) is 10.5. The first kappa shape index (κ1) is 16.5. The molecule has 0 aliphatic rings. The number of hydrogen-bond donors (Lipinski definition) is 2. The number of carbonyl (C=O) groups excluding carboxylic acids is 1. The van der Waals surface area contributed by atoms with E-state index < -0.39 is 17.7 Å².